The Morgan fingerprint density at radius 1 is 0.838 bits per heavy atom. The van der Waals surface area contributed by atoms with E-state index >= 15 is 0 Å². The van der Waals surface area contributed by atoms with Gasteiger partial charge in [0.05, 0.1) is 22.4 Å². The van der Waals surface area contributed by atoms with Crippen LogP contribution in [0.15, 0.2) is 54.8 Å². The first-order valence-corrected chi connectivity index (χ1v) is 13.0. The second-order valence-electron chi connectivity index (χ2n) is 9.90. The summed E-state index contributed by atoms with van der Waals surface area (Å²) in [6, 6.07) is 12.7. The van der Waals surface area contributed by atoms with Gasteiger partial charge in [0.1, 0.15) is 0 Å². The second-order valence-corrected chi connectivity index (χ2v) is 9.90. The van der Waals surface area contributed by atoms with E-state index in [1.165, 1.54) is 0 Å². The van der Waals surface area contributed by atoms with Crippen molar-refractivity contribution in [3.8, 4) is 0 Å². The molecule has 4 heterocycles. The molecule has 10 heteroatoms. The normalized spacial score (nSPS) is 20.3. The minimum Gasteiger partial charge on any atom is -0.405 e. The third kappa shape index (κ3) is 4.91. The van der Waals surface area contributed by atoms with Gasteiger partial charge < -0.3 is 29.3 Å². The average Bonchev–Trinajstić information content (AvgIpc) is 3.38. The molecule has 2 saturated heterocycles. The van der Waals surface area contributed by atoms with Gasteiger partial charge in [-0.25, -0.2) is 9.59 Å². The molecule has 2 aliphatic heterocycles. The predicted octanol–water partition coefficient (Wildman–Crippen LogP) is 2.34. The molecule has 0 aliphatic carbocycles. The van der Waals surface area contributed by atoms with Crippen molar-refractivity contribution in [2.45, 2.75) is 39.4 Å². The van der Waals surface area contributed by atoms with Gasteiger partial charge >= 0.3 is 11.5 Å². The molecule has 2 N–H and O–H groups in total. The Hall–Kier alpha value is -3.50. The molecule has 37 heavy (non-hydrogen) atoms. The zero-order chi connectivity index (χ0) is 26.1. The van der Waals surface area contributed by atoms with Crippen LogP contribution in [0.3, 0.4) is 0 Å². The number of hydrogen-bond acceptors (Lipinski definition) is 8. The quantitative estimate of drug-likeness (QED) is 0.435. The summed E-state index contributed by atoms with van der Waals surface area (Å²) in [4.78, 5) is 28.0. The molecule has 2 aromatic heterocycles. The standard InChI is InChI=1S/C14H19N3O2.C13H17N3O2/c1-9-7-17(8-10(2)15-9)12-6-4-5-11-13(12)19-14(18)16(11)3;1-2-16-11-5-3-4-10(12(11)18-13(16)17)15-8-6-14-7-9-15/h4-6,9-10,15H,7-8H2,1-3H3;3-5,14H,2,6-9H2,1H3/t9-,10+;. The van der Waals surface area contributed by atoms with Gasteiger partial charge in [-0.05, 0) is 45.0 Å². The van der Waals surface area contributed by atoms with E-state index < -0.39 is 0 Å². The van der Waals surface area contributed by atoms with Gasteiger partial charge in [0.15, 0.2) is 11.2 Å². The van der Waals surface area contributed by atoms with Crippen LogP contribution in [-0.4, -0.2) is 60.5 Å². The molecular formula is C27H36N6O4. The number of nitrogens with zero attached hydrogens (tertiary/aromatic N) is 4. The van der Waals surface area contributed by atoms with Crippen molar-refractivity contribution in [1.82, 2.24) is 19.8 Å². The third-order valence-electron chi connectivity index (χ3n) is 7.14. The van der Waals surface area contributed by atoms with E-state index in [2.05, 4.69) is 34.3 Å². The molecule has 2 aliphatic rings. The van der Waals surface area contributed by atoms with E-state index in [0.717, 1.165) is 61.7 Å². The Morgan fingerprint density at radius 3 is 2.05 bits per heavy atom. The van der Waals surface area contributed by atoms with Crippen LogP contribution >= 0.6 is 0 Å². The first-order chi connectivity index (χ1) is 17.9. The molecule has 0 saturated carbocycles. The van der Waals surface area contributed by atoms with Crippen LogP contribution in [0.4, 0.5) is 11.4 Å². The van der Waals surface area contributed by atoms with Crippen molar-refractivity contribution in [3.63, 3.8) is 0 Å². The van der Waals surface area contributed by atoms with E-state index in [4.69, 9.17) is 8.83 Å². The monoisotopic (exact) mass is 508 g/mol. The minimum atomic E-state index is -0.307. The van der Waals surface area contributed by atoms with Gasteiger partial charge in [-0.1, -0.05) is 12.1 Å². The Kier molecular flexibility index (Phi) is 7.12. The van der Waals surface area contributed by atoms with Crippen LogP contribution in [0.2, 0.25) is 0 Å². The number of benzene rings is 2. The summed E-state index contributed by atoms with van der Waals surface area (Å²) in [7, 11) is 1.74. The Balaban J connectivity index is 0.000000152. The molecule has 6 rings (SSSR count). The summed E-state index contributed by atoms with van der Waals surface area (Å²) >= 11 is 0. The number of para-hydroxylation sites is 2. The van der Waals surface area contributed by atoms with Crippen molar-refractivity contribution < 1.29 is 8.83 Å². The van der Waals surface area contributed by atoms with Crippen molar-refractivity contribution in [1.29, 1.82) is 0 Å². The van der Waals surface area contributed by atoms with Gasteiger partial charge in [-0.2, -0.15) is 0 Å². The van der Waals surface area contributed by atoms with Crippen molar-refractivity contribution in [2.24, 2.45) is 7.05 Å². The highest BCUT2D eigenvalue weighted by Gasteiger charge is 2.24. The number of nitrogens with one attached hydrogen (secondary N) is 2. The molecular weight excluding hydrogens is 472 g/mol. The molecule has 198 valence electrons. The van der Waals surface area contributed by atoms with E-state index in [9.17, 15) is 9.59 Å². The number of rotatable bonds is 3. The average molecular weight is 509 g/mol. The fraction of sp³-hybridized carbons (Fsp3) is 0.481. The number of hydrogen-bond donors (Lipinski definition) is 2. The van der Waals surface area contributed by atoms with Crippen LogP contribution < -0.4 is 31.9 Å². The van der Waals surface area contributed by atoms with E-state index in [-0.39, 0.29) is 11.5 Å². The number of fused-ring (bicyclic) bond motifs is 2. The smallest absolute Gasteiger partial charge is 0.405 e. The molecule has 10 nitrogen and oxygen atoms in total. The molecule has 0 bridgehead atoms. The highest BCUT2D eigenvalue weighted by atomic mass is 16.4. The SMILES string of the molecule is CCn1c(=O)oc2c(N3CCNCC3)cccc21.C[C@@H]1CN(c2cccc3c2oc(=O)n3C)C[C@H](C)N1. The lowest BCUT2D eigenvalue weighted by Crippen LogP contribution is -2.54. The van der Waals surface area contributed by atoms with Crippen LogP contribution in [0.25, 0.3) is 22.2 Å². The van der Waals surface area contributed by atoms with Crippen LogP contribution in [0, 0.1) is 0 Å². The molecule has 4 aromatic rings. The highest BCUT2D eigenvalue weighted by molar-refractivity contribution is 5.88. The molecule has 2 atom stereocenters. The lowest BCUT2D eigenvalue weighted by Gasteiger charge is -2.37. The Labute approximate surface area is 215 Å². The third-order valence-corrected chi connectivity index (χ3v) is 7.14. The van der Waals surface area contributed by atoms with Gasteiger partial charge in [0.2, 0.25) is 0 Å². The lowest BCUT2D eigenvalue weighted by atomic mass is 10.1. The fourth-order valence-electron chi connectivity index (χ4n) is 5.43. The van der Waals surface area contributed by atoms with Crippen LogP contribution in [-0.2, 0) is 13.6 Å². The Bertz CT molecular complexity index is 1480. The highest BCUT2D eigenvalue weighted by Crippen LogP contribution is 2.28. The summed E-state index contributed by atoms with van der Waals surface area (Å²) in [5.74, 6) is -0.575. The molecule has 2 aromatic carbocycles. The molecule has 0 unspecified atom stereocenters. The number of aromatic nitrogens is 2. The zero-order valence-electron chi connectivity index (χ0n) is 22.0. The summed E-state index contributed by atoms with van der Waals surface area (Å²) in [5, 5.41) is 6.83. The van der Waals surface area contributed by atoms with E-state index in [1.807, 2.05) is 43.3 Å². The van der Waals surface area contributed by atoms with Gasteiger partial charge in [-0.15, -0.1) is 0 Å². The molecule has 0 spiro atoms. The number of oxazole rings is 2. The molecule has 0 amide bonds. The topological polar surface area (TPSA) is 101 Å². The Morgan fingerprint density at radius 2 is 1.41 bits per heavy atom. The summed E-state index contributed by atoms with van der Waals surface area (Å²) in [6.07, 6.45) is 0. The number of piperazine rings is 2. The second kappa shape index (κ2) is 10.5. The predicted molar refractivity (Wildman–Crippen MR) is 147 cm³/mol. The fourth-order valence-corrected chi connectivity index (χ4v) is 5.43. The van der Waals surface area contributed by atoms with Crippen LogP contribution in [0.5, 0.6) is 0 Å². The summed E-state index contributed by atoms with van der Waals surface area (Å²) in [5.41, 5.74) is 5.18. The summed E-state index contributed by atoms with van der Waals surface area (Å²) < 4.78 is 14.0. The largest absolute Gasteiger partial charge is 0.420 e. The van der Waals surface area contributed by atoms with Gasteiger partial charge in [0.25, 0.3) is 0 Å². The first kappa shape index (κ1) is 25.2. The van der Waals surface area contributed by atoms with Gasteiger partial charge in [0, 0.05) is 64.9 Å². The maximum absolute atomic E-state index is 11.8. The molecule has 2 fully saturated rings. The lowest BCUT2D eigenvalue weighted by molar-refractivity contribution is 0.406. The van der Waals surface area contributed by atoms with Crippen molar-refractivity contribution in [3.05, 3.63) is 57.5 Å². The van der Waals surface area contributed by atoms with Crippen molar-refractivity contribution >= 4 is 33.6 Å². The summed E-state index contributed by atoms with van der Waals surface area (Å²) in [6.45, 7) is 12.6. The maximum Gasteiger partial charge on any atom is 0.420 e. The molecule has 0 radical (unpaired) electrons. The van der Waals surface area contributed by atoms with Gasteiger partial charge in [-0.3, -0.25) is 9.13 Å². The first-order valence-electron chi connectivity index (χ1n) is 13.0. The minimum absolute atomic E-state index is 0.268. The zero-order valence-corrected chi connectivity index (χ0v) is 22.0. The number of aryl methyl sites for hydroxylation is 2. The van der Waals surface area contributed by atoms with Crippen LogP contribution in [0.1, 0.15) is 20.8 Å². The van der Waals surface area contributed by atoms with E-state index in [1.54, 1.807) is 16.2 Å². The van der Waals surface area contributed by atoms with Crippen molar-refractivity contribution in [2.75, 3.05) is 49.1 Å². The maximum atomic E-state index is 11.8. The number of anilines is 2. The van der Waals surface area contributed by atoms with E-state index in [0.29, 0.717) is 29.8 Å².